The molecule has 114 valence electrons. The van der Waals surface area contributed by atoms with Crippen LogP contribution in [0.1, 0.15) is 34.1 Å². The molecule has 0 aliphatic rings. The lowest BCUT2D eigenvalue weighted by Crippen LogP contribution is -2.27. The second-order valence-electron chi connectivity index (χ2n) is 3.75. The van der Waals surface area contributed by atoms with Gasteiger partial charge < -0.3 is 14.2 Å². The van der Waals surface area contributed by atoms with Crippen molar-refractivity contribution >= 4 is 17.9 Å². The van der Waals surface area contributed by atoms with E-state index in [-0.39, 0.29) is 25.4 Å². The molecule has 0 aromatic carbocycles. The third-order valence-electron chi connectivity index (χ3n) is 2.37. The quantitative estimate of drug-likeness (QED) is 0.292. The van der Waals surface area contributed by atoms with E-state index in [1.54, 1.807) is 27.7 Å². The van der Waals surface area contributed by atoms with Crippen LogP contribution in [-0.4, -0.2) is 37.7 Å². The first-order chi connectivity index (χ1) is 9.51. The van der Waals surface area contributed by atoms with Crippen molar-refractivity contribution in [3.63, 3.8) is 0 Å². The fraction of sp³-hybridized carbons (Fsp3) is 0.643. The number of carbonyl (C=O) groups excluding carboxylic acids is 3. The summed E-state index contributed by atoms with van der Waals surface area (Å²) < 4.78 is 14.5. The maximum absolute atomic E-state index is 11.8. The molecule has 0 aromatic rings. The third kappa shape index (κ3) is 5.86. The predicted molar refractivity (Wildman–Crippen MR) is 71.8 cm³/mol. The van der Waals surface area contributed by atoms with Gasteiger partial charge in [0, 0.05) is 5.57 Å². The van der Waals surface area contributed by atoms with Gasteiger partial charge in [-0.15, -0.1) is 0 Å². The van der Waals surface area contributed by atoms with Gasteiger partial charge in [0.2, 0.25) is 0 Å². The molecule has 0 saturated carbocycles. The van der Waals surface area contributed by atoms with E-state index in [1.165, 1.54) is 6.08 Å². The highest BCUT2D eigenvalue weighted by atomic mass is 16.6. The van der Waals surface area contributed by atoms with E-state index in [1.807, 2.05) is 0 Å². The van der Waals surface area contributed by atoms with Gasteiger partial charge >= 0.3 is 17.9 Å². The Bertz CT molecular complexity index is 354. The molecule has 0 atom stereocenters. The topological polar surface area (TPSA) is 78.9 Å². The van der Waals surface area contributed by atoms with Crippen LogP contribution in [0.4, 0.5) is 0 Å². The number of rotatable bonds is 8. The lowest BCUT2D eigenvalue weighted by Gasteiger charge is -2.12. The summed E-state index contributed by atoms with van der Waals surface area (Å²) >= 11 is 0. The molecule has 0 unspecified atom stereocenters. The second kappa shape index (κ2) is 10.00. The van der Waals surface area contributed by atoms with Gasteiger partial charge in [0.05, 0.1) is 19.8 Å². The summed E-state index contributed by atoms with van der Waals surface area (Å²) in [6.45, 7) is 7.19. The van der Waals surface area contributed by atoms with Gasteiger partial charge in [-0.1, -0.05) is 6.92 Å². The first-order valence-electron chi connectivity index (χ1n) is 6.72. The normalized spacial score (nSPS) is 11.2. The molecule has 6 heteroatoms. The summed E-state index contributed by atoms with van der Waals surface area (Å²) in [5, 5.41) is 0. The molecule has 0 saturated heterocycles. The first-order valence-corrected chi connectivity index (χ1v) is 6.72. The number of hydrogen-bond acceptors (Lipinski definition) is 6. The molecule has 20 heavy (non-hydrogen) atoms. The van der Waals surface area contributed by atoms with Crippen molar-refractivity contribution in [2.45, 2.75) is 34.1 Å². The van der Waals surface area contributed by atoms with Crippen LogP contribution in [0.25, 0.3) is 0 Å². The van der Waals surface area contributed by atoms with Gasteiger partial charge in [0.1, 0.15) is 0 Å². The van der Waals surface area contributed by atoms with Crippen molar-refractivity contribution in [1.29, 1.82) is 0 Å². The maximum atomic E-state index is 11.8. The lowest BCUT2D eigenvalue weighted by atomic mass is 10.0. The molecule has 0 fully saturated rings. The van der Waals surface area contributed by atoms with Gasteiger partial charge in [-0.05, 0) is 33.3 Å². The molecule has 0 bridgehead atoms. The van der Waals surface area contributed by atoms with E-state index in [4.69, 9.17) is 14.2 Å². The highest BCUT2D eigenvalue weighted by Crippen LogP contribution is 2.13. The van der Waals surface area contributed by atoms with Crippen LogP contribution < -0.4 is 0 Å². The first kappa shape index (κ1) is 18.1. The van der Waals surface area contributed by atoms with Crippen LogP contribution in [-0.2, 0) is 28.6 Å². The second-order valence-corrected chi connectivity index (χ2v) is 3.75. The SMILES string of the molecule is CCOC(=O)/C(=C\C(C(=O)OCC)C(=O)OCC)CC. The smallest absolute Gasteiger partial charge is 0.333 e. The molecule has 0 aromatic heterocycles. The summed E-state index contributed by atoms with van der Waals surface area (Å²) in [5.74, 6) is -3.26. The Labute approximate surface area is 119 Å². The van der Waals surface area contributed by atoms with E-state index in [0.717, 1.165) is 0 Å². The maximum Gasteiger partial charge on any atom is 0.333 e. The van der Waals surface area contributed by atoms with Crippen molar-refractivity contribution in [3.8, 4) is 0 Å². The van der Waals surface area contributed by atoms with Crippen LogP contribution in [0.3, 0.4) is 0 Å². The number of carbonyl (C=O) groups is 3. The zero-order valence-electron chi connectivity index (χ0n) is 12.4. The van der Waals surface area contributed by atoms with Gasteiger partial charge in [0.25, 0.3) is 0 Å². The van der Waals surface area contributed by atoms with Crippen molar-refractivity contribution in [2.75, 3.05) is 19.8 Å². The largest absolute Gasteiger partial charge is 0.465 e. The van der Waals surface area contributed by atoms with Gasteiger partial charge in [-0.2, -0.15) is 0 Å². The summed E-state index contributed by atoms with van der Waals surface area (Å²) in [6, 6.07) is 0. The van der Waals surface area contributed by atoms with Gasteiger partial charge in [-0.25, -0.2) is 4.79 Å². The lowest BCUT2D eigenvalue weighted by molar-refractivity contribution is -0.158. The average molecular weight is 286 g/mol. The van der Waals surface area contributed by atoms with E-state index >= 15 is 0 Å². The molecule has 0 aliphatic heterocycles. The fourth-order valence-electron chi connectivity index (χ4n) is 1.45. The van der Waals surface area contributed by atoms with Crippen LogP contribution in [0.2, 0.25) is 0 Å². The zero-order valence-corrected chi connectivity index (χ0v) is 12.4. The molecule has 0 radical (unpaired) electrons. The van der Waals surface area contributed by atoms with Gasteiger partial charge in [0.15, 0.2) is 5.92 Å². The monoisotopic (exact) mass is 286 g/mol. The minimum atomic E-state index is -1.24. The van der Waals surface area contributed by atoms with Crippen molar-refractivity contribution in [1.82, 2.24) is 0 Å². The number of ether oxygens (including phenoxy) is 3. The van der Waals surface area contributed by atoms with Crippen LogP contribution >= 0.6 is 0 Å². The van der Waals surface area contributed by atoms with E-state index in [0.29, 0.717) is 6.42 Å². The summed E-state index contributed by atoms with van der Waals surface area (Å²) in [7, 11) is 0. The highest BCUT2D eigenvalue weighted by molar-refractivity contribution is 5.99. The summed E-state index contributed by atoms with van der Waals surface area (Å²) in [4.78, 5) is 35.2. The number of hydrogen-bond donors (Lipinski definition) is 0. The van der Waals surface area contributed by atoms with E-state index < -0.39 is 23.8 Å². The molecule has 0 spiro atoms. The average Bonchev–Trinajstić information content (AvgIpc) is 2.40. The van der Waals surface area contributed by atoms with Crippen LogP contribution in [0, 0.1) is 5.92 Å². The van der Waals surface area contributed by atoms with E-state index in [2.05, 4.69) is 0 Å². The zero-order chi connectivity index (χ0) is 15.5. The Morgan fingerprint density at radius 3 is 1.65 bits per heavy atom. The fourth-order valence-corrected chi connectivity index (χ4v) is 1.45. The molecule has 6 nitrogen and oxygen atoms in total. The van der Waals surface area contributed by atoms with Crippen LogP contribution in [0.15, 0.2) is 11.6 Å². The molecule has 0 aliphatic carbocycles. The Hall–Kier alpha value is -1.85. The predicted octanol–water partition coefficient (Wildman–Crippen LogP) is 1.63. The minimum Gasteiger partial charge on any atom is -0.465 e. The molecular weight excluding hydrogens is 264 g/mol. The van der Waals surface area contributed by atoms with Crippen molar-refractivity contribution in [2.24, 2.45) is 5.92 Å². The Morgan fingerprint density at radius 1 is 0.850 bits per heavy atom. The van der Waals surface area contributed by atoms with Crippen molar-refractivity contribution < 1.29 is 28.6 Å². The standard InChI is InChI=1S/C14H22O6/c1-5-10(12(15)18-6-2)9-11(13(16)19-7-3)14(17)20-8-4/h9,11H,5-8H2,1-4H3/b10-9-. The molecular formula is C14H22O6. The molecule has 0 N–H and O–H groups in total. The summed E-state index contributed by atoms with van der Waals surface area (Å²) in [6.07, 6.45) is 1.60. The van der Waals surface area contributed by atoms with E-state index in [9.17, 15) is 14.4 Å². The van der Waals surface area contributed by atoms with Crippen molar-refractivity contribution in [3.05, 3.63) is 11.6 Å². The highest BCUT2D eigenvalue weighted by Gasteiger charge is 2.29. The molecule has 0 heterocycles. The molecule has 0 rings (SSSR count). The van der Waals surface area contributed by atoms with Crippen LogP contribution in [0.5, 0.6) is 0 Å². The Balaban J connectivity index is 5.23. The number of esters is 3. The molecule has 0 amide bonds. The Morgan fingerprint density at radius 2 is 1.30 bits per heavy atom. The summed E-state index contributed by atoms with van der Waals surface area (Å²) in [5.41, 5.74) is 0.248. The minimum absolute atomic E-state index is 0.142. The Kier molecular flexibility index (Phi) is 9.07. The van der Waals surface area contributed by atoms with Gasteiger partial charge in [-0.3, -0.25) is 9.59 Å². The third-order valence-corrected chi connectivity index (χ3v) is 2.37.